The zero-order valence-corrected chi connectivity index (χ0v) is 20.3. The summed E-state index contributed by atoms with van der Waals surface area (Å²) in [5.41, 5.74) is 3.52. The number of carbonyl (C=O) groups is 3. The molecule has 4 amide bonds. The molecule has 0 radical (unpaired) electrons. The van der Waals surface area contributed by atoms with Gasteiger partial charge in [-0.05, 0) is 60.2 Å². The van der Waals surface area contributed by atoms with Gasteiger partial charge < -0.3 is 10.6 Å². The third-order valence-corrected chi connectivity index (χ3v) is 7.92. The predicted octanol–water partition coefficient (Wildman–Crippen LogP) is 4.61. The fourth-order valence-electron chi connectivity index (χ4n) is 5.18. The van der Waals surface area contributed by atoms with E-state index in [1.54, 1.807) is 11.3 Å². The topological polar surface area (TPSA) is 91.4 Å². The molecule has 2 aliphatic rings. The summed E-state index contributed by atoms with van der Waals surface area (Å²) in [6, 6.07) is 22.8. The van der Waals surface area contributed by atoms with E-state index in [4.69, 9.17) is 0 Å². The Morgan fingerprint density at radius 1 is 1.03 bits per heavy atom. The number of carbonyl (C=O) groups excluding carboxylic acids is 3. The average molecular weight is 497 g/mol. The van der Waals surface area contributed by atoms with E-state index in [1.807, 2.05) is 66.7 Å². The van der Waals surface area contributed by atoms with Crippen molar-refractivity contribution < 1.29 is 14.4 Å². The number of benzene rings is 3. The lowest BCUT2D eigenvalue weighted by Gasteiger charge is -2.33. The number of aryl methyl sites for hydroxylation is 1. The number of nitrogens with zero attached hydrogens (tertiary/aromatic N) is 2. The Bertz CT molecular complexity index is 1460. The number of hydrogen-bond acceptors (Lipinski definition) is 5. The largest absolute Gasteiger partial charge is 0.325 e. The number of hydrogen-bond donors (Lipinski definition) is 2. The van der Waals surface area contributed by atoms with Crippen LogP contribution in [0.25, 0.3) is 10.2 Å². The fraction of sp³-hybridized carbons (Fsp3) is 0.214. The zero-order valence-electron chi connectivity index (χ0n) is 19.5. The summed E-state index contributed by atoms with van der Waals surface area (Å²) in [6.07, 6.45) is 2.91. The first-order chi connectivity index (χ1) is 17.5. The Morgan fingerprint density at radius 2 is 1.81 bits per heavy atom. The third-order valence-electron chi connectivity index (χ3n) is 6.88. The number of rotatable bonds is 5. The van der Waals surface area contributed by atoms with Crippen molar-refractivity contribution in [1.82, 2.24) is 15.2 Å². The molecule has 1 aliphatic heterocycles. The van der Waals surface area contributed by atoms with Crippen molar-refractivity contribution >= 4 is 45.1 Å². The number of para-hydroxylation sites is 1. The molecule has 4 aromatic rings. The molecule has 8 heteroatoms. The van der Waals surface area contributed by atoms with Crippen molar-refractivity contribution in [3.05, 3.63) is 94.5 Å². The van der Waals surface area contributed by atoms with Gasteiger partial charge in [0, 0.05) is 12.1 Å². The monoisotopic (exact) mass is 496 g/mol. The van der Waals surface area contributed by atoms with E-state index in [9.17, 15) is 14.4 Å². The lowest BCUT2D eigenvalue weighted by Crippen LogP contribution is -2.47. The molecule has 6 rings (SSSR count). The highest BCUT2D eigenvalue weighted by Crippen LogP contribution is 2.39. The molecule has 0 saturated carbocycles. The molecule has 1 saturated heterocycles. The standard InChI is InChI=1S/C28H24N4O3S/c33-24(17-32-26(34)28(31-27(32)35)15-5-7-19-6-1-2-8-21(19)28)29-20-13-11-18(12-14-20)16-25-30-22-9-3-4-10-23(22)36-25/h1-4,6,8-14H,5,7,15-17H2,(H,29,33)(H,31,35). The molecule has 1 aliphatic carbocycles. The van der Waals surface area contributed by atoms with Crippen LogP contribution < -0.4 is 10.6 Å². The molecule has 2 N–H and O–H groups in total. The van der Waals surface area contributed by atoms with Gasteiger partial charge in [-0.2, -0.15) is 0 Å². The summed E-state index contributed by atoms with van der Waals surface area (Å²) in [5.74, 6) is -0.778. The van der Waals surface area contributed by atoms with E-state index in [0.717, 1.165) is 49.7 Å². The van der Waals surface area contributed by atoms with E-state index in [2.05, 4.69) is 21.7 Å². The molecule has 3 aromatic carbocycles. The van der Waals surface area contributed by atoms with E-state index < -0.39 is 17.5 Å². The van der Waals surface area contributed by atoms with Crippen LogP contribution in [0.5, 0.6) is 0 Å². The second kappa shape index (κ2) is 8.87. The maximum atomic E-state index is 13.4. The maximum Gasteiger partial charge on any atom is 0.325 e. The van der Waals surface area contributed by atoms with E-state index >= 15 is 0 Å². The first kappa shape index (κ1) is 22.4. The first-order valence-corrected chi connectivity index (χ1v) is 12.8. The number of imide groups is 1. The van der Waals surface area contributed by atoms with Crippen molar-refractivity contribution in [2.45, 2.75) is 31.2 Å². The molecule has 2 heterocycles. The number of amides is 4. The molecular weight excluding hydrogens is 472 g/mol. The van der Waals surface area contributed by atoms with Crippen LogP contribution in [0.4, 0.5) is 10.5 Å². The van der Waals surface area contributed by atoms with E-state index in [0.29, 0.717) is 18.5 Å². The summed E-state index contributed by atoms with van der Waals surface area (Å²) in [6.45, 7) is -0.331. The normalized spacial score (nSPS) is 18.9. The number of urea groups is 1. The molecular formula is C28H24N4O3S. The van der Waals surface area contributed by atoms with Gasteiger partial charge in [-0.15, -0.1) is 11.3 Å². The van der Waals surface area contributed by atoms with Crippen LogP contribution in [-0.2, 0) is 28.0 Å². The molecule has 36 heavy (non-hydrogen) atoms. The van der Waals surface area contributed by atoms with Gasteiger partial charge in [0.2, 0.25) is 5.91 Å². The second-order valence-corrected chi connectivity index (χ2v) is 10.3. The van der Waals surface area contributed by atoms with Crippen LogP contribution >= 0.6 is 11.3 Å². The number of aromatic nitrogens is 1. The highest BCUT2D eigenvalue weighted by atomic mass is 32.1. The van der Waals surface area contributed by atoms with Gasteiger partial charge in [-0.3, -0.25) is 14.5 Å². The van der Waals surface area contributed by atoms with Gasteiger partial charge >= 0.3 is 6.03 Å². The van der Waals surface area contributed by atoms with Crippen LogP contribution in [0.2, 0.25) is 0 Å². The highest BCUT2D eigenvalue weighted by Gasteiger charge is 2.54. The number of anilines is 1. The molecule has 1 fully saturated rings. The summed E-state index contributed by atoms with van der Waals surface area (Å²) in [5, 5.41) is 6.73. The Labute approximate surface area is 212 Å². The van der Waals surface area contributed by atoms with Crippen molar-refractivity contribution in [3.8, 4) is 0 Å². The Kier molecular flexibility index (Phi) is 5.53. The van der Waals surface area contributed by atoms with Crippen molar-refractivity contribution in [2.24, 2.45) is 0 Å². The van der Waals surface area contributed by atoms with E-state index in [-0.39, 0.29) is 12.5 Å². The molecule has 1 aromatic heterocycles. The lowest BCUT2D eigenvalue weighted by atomic mass is 9.76. The summed E-state index contributed by atoms with van der Waals surface area (Å²) in [7, 11) is 0. The number of fused-ring (bicyclic) bond motifs is 3. The van der Waals surface area contributed by atoms with Gasteiger partial charge in [0.15, 0.2) is 0 Å². The second-order valence-electron chi connectivity index (χ2n) is 9.23. The minimum Gasteiger partial charge on any atom is -0.325 e. The smallest absolute Gasteiger partial charge is 0.325 e. The van der Waals surface area contributed by atoms with Gasteiger partial charge in [0.05, 0.1) is 15.2 Å². The van der Waals surface area contributed by atoms with Crippen molar-refractivity contribution in [3.63, 3.8) is 0 Å². The molecule has 1 atom stereocenters. The molecule has 1 unspecified atom stereocenters. The number of thiazole rings is 1. The average Bonchev–Trinajstić information content (AvgIpc) is 3.39. The minimum absolute atomic E-state index is 0.331. The maximum absolute atomic E-state index is 13.4. The molecule has 0 bridgehead atoms. The van der Waals surface area contributed by atoms with Crippen molar-refractivity contribution in [2.75, 3.05) is 11.9 Å². The van der Waals surface area contributed by atoms with Gasteiger partial charge in [-0.1, -0.05) is 48.5 Å². The Hall–Kier alpha value is -4.04. The van der Waals surface area contributed by atoms with Gasteiger partial charge in [0.1, 0.15) is 12.1 Å². The van der Waals surface area contributed by atoms with Crippen LogP contribution in [0.3, 0.4) is 0 Å². The van der Waals surface area contributed by atoms with Crippen LogP contribution in [0, 0.1) is 0 Å². The highest BCUT2D eigenvalue weighted by molar-refractivity contribution is 7.18. The van der Waals surface area contributed by atoms with Gasteiger partial charge in [0.25, 0.3) is 5.91 Å². The molecule has 1 spiro atoms. The number of nitrogens with one attached hydrogen (secondary N) is 2. The Morgan fingerprint density at radius 3 is 2.64 bits per heavy atom. The zero-order chi connectivity index (χ0) is 24.7. The first-order valence-electron chi connectivity index (χ1n) is 12.0. The quantitative estimate of drug-likeness (QED) is 0.395. The SMILES string of the molecule is O=C(CN1C(=O)NC2(CCCc3ccccc32)C1=O)Nc1ccc(Cc2nc3ccccc3s2)cc1. The van der Waals surface area contributed by atoms with Crippen LogP contribution in [-0.4, -0.2) is 34.3 Å². The lowest BCUT2D eigenvalue weighted by molar-refractivity contribution is -0.134. The predicted molar refractivity (Wildman–Crippen MR) is 139 cm³/mol. The fourth-order valence-corrected chi connectivity index (χ4v) is 6.18. The summed E-state index contributed by atoms with van der Waals surface area (Å²) < 4.78 is 1.16. The molecule has 7 nitrogen and oxygen atoms in total. The minimum atomic E-state index is -1.07. The van der Waals surface area contributed by atoms with E-state index in [1.165, 1.54) is 0 Å². The van der Waals surface area contributed by atoms with Crippen LogP contribution in [0.1, 0.15) is 34.5 Å². The molecule has 180 valence electrons. The Balaban J connectivity index is 1.11. The van der Waals surface area contributed by atoms with Crippen LogP contribution in [0.15, 0.2) is 72.8 Å². The summed E-state index contributed by atoms with van der Waals surface area (Å²) >= 11 is 1.67. The third kappa shape index (κ3) is 3.93. The van der Waals surface area contributed by atoms with Gasteiger partial charge in [-0.25, -0.2) is 9.78 Å². The van der Waals surface area contributed by atoms with Crippen molar-refractivity contribution in [1.29, 1.82) is 0 Å². The summed E-state index contributed by atoms with van der Waals surface area (Å²) in [4.78, 5) is 44.6.